The number of ether oxygens (including phenoxy) is 1. The quantitative estimate of drug-likeness (QED) is 0.622. The molecule has 0 bridgehead atoms. The number of hydrogen-bond donors (Lipinski definition) is 0. The number of rotatable bonds is 2. The van der Waals surface area contributed by atoms with E-state index in [4.69, 9.17) is 21.6 Å². The van der Waals surface area contributed by atoms with Gasteiger partial charge in [0.1, 0.15) is 5.75 Å². The van der Waals surface area contributed by atoms with Gasteiger partial charge in [-0.25, -0.2) is 0 Å². The van der Waals surface area contributed by atoms with Gasteiger partial charge in [0.05, 0.1) is 22.3 Å². The maximum absolute atomic E-state index is 8.72. The highest BCUT2D eigenvalue weighted by Gasteiger charge is 2.07. The first-order valence-corrected chi connectivity index (χ1v) is 5.16. The minimum Gasteiger partial charge on any atom is -0.496 e. The summed E-state index contributed by atoms with van der Waals surface area (Å²) in [5.41, 5.74) is 1.51. The van der Waals surface area contributed by atoms with Gasteiger partial charge in [-0.05, 0) is 40.3 Å². The molecule has 0 aromatic heterocycles. The molecule has 0 saturated carbocycles. The van der Waals surface area contributed by atoms with Gasteiger partial charge < -0.3 is 4.74 Å². The molecule has 0 radical (unpaired) electrons. The molecule has 2 nitrogen and oxygen atoms in total. The molecule has 1 aromatic carbocycles. The summed E-state index contributed by atoms with van der Waals surface area (Å²) in [4.78, 5) is 0. The lowest BCUT2D eigenvalue weighted by Gasteiger charge is -2.07. The molecule has 0 aliphatic heterocycles. The number of benzene rings is 1. The number of methoxy groups -OCH3 is 1. The summed E-state index contributed by atoms with van der Waals surface area (Å²) in [6.45, 7) is 0. The molecule has 0 spiro atoms. The van der Waals surface area contributed by atoms with Crippen LogP contribution < -0.4 is 4.74 Å². The van der Waals surface area contributed by atoms with Crippen LogP contribution in [0.3, 0.4) is 0 Å². The van der Waals surface area contributed by atoms with Crippen molar-refractivity contribution in [2.45, 2.75) is 5.88 Å². The summed E-state index contributed by atoms with van der Waals surface area (Å²) in [5.74, 6) is 1.10. The van der Waals surface area contributed by atoms with Crippen LogP contribution in [-0.2, 0) is 5.88 Å². The molecule has 13 heavy (non-hydrogen) atoms. The van der Waals surface area contributed by atoms with Crippen molar-refractivity contribution in [2.75, 3.05) is 7.11 Å². The van der Waals surface area contributed by atoms with Crippen LogP contribution in [0.4, 0.5) is 0 Å². The first-order valence-electron chi connectivity index (χ1n) is 3.55. The Labute approximate surface area is 95.6 Å². The third kappa shape index (κ3) is 2.26. The van der Waals surface area contributed by atoms with E-state index in [1.54, 1.807) is 19.2 Å². The van der Waals surface area contributed by atoms with Crippen LogP contribution in [0.25, 0.3) is 0 Å². The average Bonchev–Trinajstić information content (AvgIpc) is 2.18. The molecule has 0 atom stereocenters. The molecular formula is C9H7ClINO. The summed E-state index contributed by atoms with van der Waals surface area (Å²) in [5, 5.41) is 8.72. The van der Waals surface area contributed by atoms with Gasteiger partial charge in [-0.15, -0.1) is 11.6 Å². The van der Waals surface area contributed by atoms with Crippen molar-refractivity contribution >= 4 is 34.2 Å². The zero-order valence-electron chi connectivity index (χ0n) is 6.97. The van der Waals surface area contributed by atoms with E-state index in [0.717, 1.165) is 9.13 Å². The maximum Gasteiger partial charge on any atom is 0.133 e. The van der Waals surface area contributed by atoms with Crippen molar-refractivity contribution in [3.63, 3.8) is 0 Å². The van der Waals surface area contributed by atoms with Crippen molar-refractivity contribution in [3.05, 3.63) is 26.8 Å². The molecule has 0 aliphatic carbocycles. The Morgan fingerprint density at radius 1 is 1.62 bits per heavy atom. The normalized spacial score (nSPS) is 9.38. The fourth-order valence-electron chi connectivity index (χ4n) is 0.966. The Hall–Kier alpha value is -0.470. The van der Waals surface area contributed by atoms with Crippen LogP contribution in [0.1, 0.15) is 11.1 Å². The standard InChI is InChI=1S/C9H7ClINO/c1-13-8-3-6(5-12)2-7(4-10)9(8)11/h2-3H,4H2,1H3. The molecule has 0 N–H and O–H groups in total. The van der Waals surface area contributed by atoms with Crippen LogP contribution in [-0.4, -0.2) is 7.11 Å². The molecule has 0 unspecified atom stereocenters. The highest BCUT2D eigenvalue weighted by atomic mass is 127. The zero-order chi connectivity index (χ0) is 9.84. The topological polar surface area (TPSA) is 33.0 Å². The first-order chi connectivity index (χ1) is 6.22. The van der Waals surface area contributed by atoms with Gasteiger partial charge in [0, 0.05) is 5.88 Å². The van der Waals surface area contributed by atoms with Crippen molar-refractivity contribution in [2.24, 2.45) is 0 Å². The molecule has 4 heteroatoms. The summed E-state index contributed by atoms with van der Waals surface area (Å²) in [6.07, 6.45) is 0. The second kappa shape index (κ2) is 4.68. The predicted molar refractivity (Wildman–Crippen MR) is 60.0 cm³/mol. The van der Waals surface area contributed by atoms with E-state index in [1.807, 2.05) is 0 Å². The fraction of sp³-hybridized carbons (Fsp3) is 0.222. The van der Waals surface area contributed by atoms with Gasteiger partial charge in [-0.3, -0.25) is 0 Å². The maximum atomic E-state index is 8.72. The lowest BCUT2D eigenvalue weighted by atomic mass is 10.1. The molecular weight excluding hydrogens is 300 g/mol. The van der Waals surface area contributed by atoms with Gasteiger partial charge in [-0.2, -0.15) is 5.26 Å². The van der Waals surface area contributed by atoms with Crippen LogP contribution in [0.5, 0.6) is 5.75 Å². The van der Waals surface area contributed by atoms with E-state index in [0.29, 0.717) is 17.2 Å². The summed E-state index contributed by atoms with van der Waals surface area (Å²) >= 11 is 7.88. The average molecular weight is 308 g/mol. The van der Waals surface area contributed by atoms with Crippen LogP contribution in [0.15, 0.2) is 12.1 Å². The van der Waals surface area contributed by atoms with Crippen molar-refractivity contribution in [1.29, 1.82) is 5.26 Å². The third-order valence-corrected chi connectivity index (χ3v) is 3.12. The van der Waals surface area contributed by atoms with E-state index in [-0.39, 0.29) is 0 Å². The Balaban J connectivity index is 3.30. The monoisotopic (exact) mass is 307 g/mol. The van der Waals surface area contributed by atoms with Crippen LogP contribution in [0.2, 0.25) is 0 Å². The second-order valence-corrected chi connectivity index (χ2v) is 3.74. The lowest BCUT2D eigenvalue weighted by molar-refractivity contribution is 0.411. The fourth-order valence-corrected chi connectivity index (χ4v) is 2.12. The van der Waals surface area contributed by atoms with Gasteiger partial charge in [0.25, 0.3) is 0 Å². The van der Waals surface area contributed by atoms with Gasteiger partial charge in [0.15, 0.2) is 0 Å². The molecule has 0 saturated heterocycles. The first kappa shape index (κ1) is 10.6. The minimum absolute atomic E-state index is 0.393. The molecule has 0 amide bonds. The Bertz CT molecular complexity index is 334. The Kier molecular flexibility index (Phi) is 3.82. The SMILES string of the molecule is COc1cc(C#N)cc(CCl)c1I. The van der Waals surface area contributed by atoms with Crippen molar-refractivity contribution in [1.82, 2.24) is 0 Å². The van der Waals surface area contributed by atoms with E-state index < -0.39 is 0 Å². The summed E-state index contributed by atoms with van der Waals surface area (Å²) in [6, 6.07) is 5.54. The summed E-state index contributed by atoms with van der Waals surface area (Å²) < 4.78 is 6.08. The van der Waals surface area contributed by atoms with Gasteiger partial charge in [0.2, 0.25) is 0 Å². The highest BCUT2D eigenvalue weighted by molar-refractivity contribution is 14.1. The Morgan fingerprint density at radius 3 is 2.77 bits per heavy atom. The van der Waals surface area contributed by atoms with Gasteiger partial charge in [-0.1, -0.05) is 0 Å². The van der Waals surface area contributed by atoms with Crippen LogP contribution >= 0.6 is 34.2 Å². The predicted octanol–water partition coefficient (Wildman–Crippen LogP) is 2.91. The van der Waals surface area contributed by atoms with Gasteiger partial charge >= 0.3 is 0 Å². The number of hydrogen-bond acceptors (Lipinski definition) is 2. The highest BCUT2D eigenvalue weighted by Crippen LogP contribution is 2.27. The summed E-state index contributed by atoms with van der Waals surface area (Å²) in [7, 11) is 1.58. The number of halogens is 2. The zero-order valence-corrected chi connectivity index (χ0v) is 9.89. The molecule has 0 aliphatic rings. The van der Waals surface area contributed by atoms with E-state index in [2.05, 4.69) is 28.7 Å². The molecule has 1 aromatic rings. The molecule has 68 valence electrons. The minimum atomic E-state index is 0.393. The van der Waals surface area contributed by atoms with E-state index >= 15 is 0 Å². The second-order valence-electron chi connectivity index (χ2n) is 2.40. The third-order valence-electron chi connectivity index (χ3n) is 1.61. The largest absolute Gasteiger partial charge is 0.496 e. The molecule has 1 rings (SSSR count). The molecule has 0 fully saturated rings. The molecule has 0 heterocycles. The van der Waals surface area contributed by atoms with Crippen molar-refractivity contribution < 1.29 is 4.74 Å². The van der Waals surface area contributed by atoms with Crippen molar-refractivity contribution in [3.8, 4) is 11.8 Å². The number of nitrogens with zero attached hydrogens (tertiary/aromatic N) is 1. The Morgan fingerprint density at radius 2 is 2.31 bits per heavy atom. The smallest absolute Gasteiger partial charge is 0.133 e. The number of nitriles is 1. The number of alkyl halides is 1. The van der Waals surface area contributed by atoms with Crippen LogP contribution in [0, 0.1) is 14.9 Å². The lowest BCUT2D eigenvalue weighted by Crippen LogP contribution is -1.93. The van der Waals surface area contributed by atoms with E-state index in [1.165, 1.54) is 0 Å². The van der Waals surface area contributed by atoms with E-state index in [9.17, 15) is 0 Å².